The standard InChI is InChI=1S/C17H24N4O2/c1-4-12-6-5-9-21(11-12)16(22)18-13-7-8-14-15(10-13)20(3)17(23)19(14)2/h7-8,10,12H,4-6,9,11H2,1-3H3,(H,18,22)/t12-/m1/s1. The zero-order valence-electron chi connectivity index (χ0n) is 14.0. The smallest absolute Gasteiger partial charge is 0.324 e. The maximum Gasteiger partial charge on any atom is 0.328 e. The summed E-state index contributed by atoms with van der Waals surface area (Å²) in [5, 5.41) is 2.97. The van der Waals surface area contributed by atoms with Crippen molar-refractivity contribution in [1.82, 2.24) is 14.0 Å². The zero-order chi connectivity index (χ0) is 16.6. The van der Waals surface area contributed by atoms with Crippen LogP contribution in [-0.2, 0) is 14.1 Å². The third kappa shape index (κ3) is 2.85. The van der Waals surface area contributed by atoms with Gasteiger partial charge in [-0.15, -0.1) is 0 Å². The highest BCUT2D eigenvalue weighted by Crippen LogP contribution is 2.21. The number of hydrogen-bond acceptors (Lipinski definition) is 2. The minimum atomic E-state index is -0.0645. The SMILES string of the molecule is CC[C@@H]1CCCN(C(=O)Nc2ccc3c(c2)n(C)c(=O)n3C)C1. The lowest BCUT2D eigenvalue weighted by atomic mass is 9.96. The minimum absolute atomic E-state index is 0.0524. The molecule has 0 bridgehead atoms. The fourth-order valence-electron chi connectivity index (χ4n) is 3.37. The van der Waals surface area contributed by atoms with Gasteiger partial charge in [0.05, 0.1) is 11.0 Å². The Morgan fingerprint density at radius 2 is 2.00 bits per heavy atom. The number of urea groups is 1. The van der Waals surface area contributed by atoms with Gasteiger partial charge in [-0.1, -0.05) is 13.3 Å². The van der Waals surface area contributed by atoms with Crippen molar-refractivity contribution in [1.29, 1.82) is 0 Å². The number of benzene rings is 1. The molecule has 0 aliphatic carbocycles. The normalized spacial score (nSPS) is 18.4. The van der Waals surface area contributed by atoms with Gasteiger partial charge < -0.3 is 10.2 Å². The quantitative estimate of drug-likeness (QED) is 0.925. The molecule has 1 N–H and O–H groups in total. The summed E-state index contributed by atoms with van der Waals surface area (Å²) >= 11 is 0. The number of nitrogens with zero attached hydrogens (tertiary/aromatic N) is 3. The van der Waals surface area contributed by atoms with Gasteiger partial charge in [-0.3, -0.25) is 9.13 Å². The van der Waals surface area contributed by atoms with Crippen LogP contribution in [-0.4, -0.2) is 33.2 Å². The van der Waals surface area contributed by atoms with E-state index in [4.69, 9.17) is 0 Å². The van der Waals surface area contributed by atoms with Crippen LogP contribution in [0.15, 0.2) is 23.0 Å². The van der Waals surface area contributed by atoms with Crippen molar-refractivity contribution in [3.05, 3.63) is 28.7 Å². The second-order valence-electron chi connectivity index (χ2n) is 6.40. The number of fused-ring (bicyclic) bond motifs is 1. The molecule has 124 valence electrons. The molecule has 1 saturated heterocycles. The van der Waals surface area contributed by atoms with Crippen LogP contribution in [0.3, 0.4) is 0 Å². The zero-order valence-corrected chi connectivity index (χ0v) is 14.0. The van der Waals surface area contributed by atoms with E-state index in [1.54, 1.807) is 23.2 Å². The molecule has 1 aliphatic heterocycles. The molecular formula is C17H24N4O2. The molecule has 1 atom stereocenters. The number of likely N-dealkylation sites (tertiary alicyclic amines) is 1. The summed E-state index contributed by atoms with van der Waals surface area (Å²) in [6.45, 7) is 3.82. The number of imidazole rings is 1. The number of rotatable bonds is 2. The lowest BCUT2D eigenvalue weighted by Crippen LogP contribution is -2.42. The van der Waals surface area contributed by atoms with E-state index < -0.39 is 0 Å². The van der Waals surface area contributed by atoms with Crippen molar-refractivity contribution in [3.63, 3.8) is 0 Å². The molecule has 3 rings (SSSR count). The number of amides is 2. The molecule has 0 unspecified atom stereocenters. The first-order valence-electron chi connectivity index (χ1n) is 8.22. The van der Waals surface area contributed by atoms with Gasteiger partial charge in [-0.25, -0.2) is 9.59 Å². The van der Waals surface area contributed by atoms with Crippen LogP contribution in [0.2, 0.25) is 0 Å². The average molecular weight is 316 g/mol. The van der Waals surface area contributed by atoms with Gasteiger partial charge >= 0.3 is 11.7 Å². The molecule has 6 nitrogen and oxygen atoms in total. The van der Waals surface area contributed by atoms with Crippen molar-refractivity contribution in [2.75, 3.05) is 18.4 Å². The molecule has 0 spiro atoms. The van der Waals surface area contributed by atoms with Crippen LogP contribution < -0.4 is 11.0 Å². The van der Waals surface area contributed by atoms with Crippen LogP contribution in [0.4, 0.5) is 10.5 Å². The van der Waals surface area contributed by atoms with Crippen molar-refractivity contribution < 1.29 is 4.79 Å². The predicted octanol–water partition coefficient (Wildman–Crippen LogP) is 2.53. The lowest BCUT2D eigenvalue weighted by molar-refractivity contribution is 0.176. The third-order valence-corrected chi connectivity index (χ3v) is 4.91. The second-order valence-corrected chi connectivity index (χ2v) is 6.40. The van der Waals surface area contributed by atoms with E-state index in [0.717, 1.165) is 42.7 Å². The number of aryl methyl sites for hydroxylation is 2. The summed E-state index contributed by atoms with van der Waals surface area (Å²) in [7, 11) is 3.49. The Balaban J connectivity index is 1.80. The fraction of sp³-hybridized carbons (Fsp3) is 0.529. The molecule has 1 aliphatic rings. The van der Waals surface area contributed by atoms with Crippen molar-refractivity contribution >= 4 is 22.8 Å². The summed E-state index contributed by atoms with van der Waals surface area (Å²) in [5.41, 5.74) is 2.34. The van der Waals surface area contributed by atoms with E-state index in [1.807, 2.05) is 23.1 Å². The highest BCUT2D eigenvalue weighted by atomic mass is 16.2. The van der Waals surface area contributed by atoms with Crippen LogP contribution in [0.5, 0.6) is 0 Å². The van der Waals surface area contributed by atoms with Crippen LogP contribution in [0.1, 0.15) is 26.2 Å². The molecular weight excluding hydrogens is 292 g/mol. The van der Waals surface area contributed by atoms with E-state index in [2.05, 4.69) is 12.2 Å². The molecule has 6 heteroatoms. The Morgan fingerprint density at radius 3 is 2.74 bits per heavy atom. The molecule has 1 fully saturated rings. The van der Waals surface area contributed by atoms with Gasteiger partial charge in [-0.2, -0.15) is 0 Å². The molecule has 2 heterocycles. The first-order chi connectivity index (χ1) is 11.0. The molecule has 2 amide bonds. The van der Waals surface area contributed by atoms with Crippen LogP contribution in [0, 0.1) is 5.92 Å². The Labute approximate surface area is 135 Å². The molecule has 0 saturated carbocycles. The maximum absolute atomic E-state index is 12.5. The van der Waals surface area contributed by atoms with E-state index in [9.17, 15) is 9.59 Å². The van der Waals surface area contributed by atoms with Gasteiger partial charge in [0.15, 0.2) is 0 Å². The Hall–Kier alpha value is -2.24. The van der Waals surface area contributed by atoms with Gasteiger partial charge in [0.1, 0.15) is 0 Å². The summed E-state index contributed by atoms with van der Waals surface area (Å²) in [6.07, 6.45) is 3.39. The number of nitrogens with one attached hydrogen (secondary N) is 1. The van der Waals surface area contributed by atoms with E-state index in [-0.39, 0.29) is 11.7 Å². The maximum atomic E-state index is 12.5. The van der Waals surface area contributed by atoms with E-state index in [0.29, 0.717) is 5.92 Å². The summed E-state index contributed by atoms with van der Waals surface area (Å²) in [6, 6.07) is 5.53. The number of carbonyl (C=O) groups is 1. The third-order valence-electron chi connectivity index (χ3n) is 4.91. The summed E-state index contributed by atoms with van der Waals surface area (Å²) in [4.78, 5) is 26.3. The number of anilines is 1. The predicted molar refractivity (Wildman–Crippen MR) is 91.8 cm³/mol. The molecule has 1 aromatic carbocycles. The number of piperidine rings is 1. The van der Waals surface area contributed by atoms with E-state index in [1.165, 1.54) is 6.42 Å². The number of hydrogen-bond donors (Lipinski definition) is 1. The Bertz CT molecular complexity index is 790. The lowest BCUT2D eigenvalue weighted by Gasteiger charge is -2.32. The fourth-order valence-corrected chi connectivity index (χ4v) is 3.37. The van der Waals surface area contributed by atoms with Crippen LogP contribution >= 0.6 is 0 Å². The summed E-state index contributed by atoms with van der Waals surface area (Å²) < 4.78 is 3.20. The summed E-state index contributed by atoms with van der Waals surface area (Å²) in [5.74, 6) is 0.604. The first kappa shape index (κ1) is 15.6. The molecule has 1 aromatic heterocycles. The van der Waals surface area contributed by atoms with Crippen molar-refractivity contribution in [2.45, 2.75) is 26.2 Å². The minimum Gasteiger partial charge on any atom is -0.324 e. The number of aromatic nitrogens is 2. The Morgan fingerprint density at radius 1 is 1.26 bits per heavy atom. The van der Waals surface area contributed by atoms with Gasteiger partial charge in [0.25, 0.3) is 0 Å². The molecule has 0 radical (unpaired) electrons. The number of carbonyl (C=O) groups excluding carboxylic acids is 1. The highest BCUT2D eigenvalue weighted by molar-refractivity contribution is 5.92. The van der Waals surface area contributed by atoms with Gasteiger partial charge in [-0.05, 0) is 37.0 Å². The Kier molecular flexibility index (Phi) is 4.15. The molecule has 2 aromatic rings. The van der Waals surface area contributed by atoms with Crippen molar-refractivity contribution in [3.8, 4) is 0 Å². The second kappa shape index (κ2) is 6.10. The topological polar surface area (TPSA) is 59.3 Å². The average Bonchev–Trinajstić information content (AvgIpc) is 2.79. The first-order valence-corrected chi connectivity index (χ1v) is 8.22. The van der Waals surface area contributed by atoms with Gasteiger partial charge in [0.2, 0.25) is 0 Å². The highest BCUT2D eigenvalue weighted by Gasteiger charge is 2.22. The monoisotopic (exact) mass is 316 g/mol. The van der Waals surface area contributed by atoms with Crippen LogP contribution in [0.25, 0.3) is 11.0 Å². The molecule has 23 heavy (non-hydrogen) atoms. The van der Waals surface area contributed by atoms with Crippen molar-refractivity contribution in [2.24, 2.45) is 20.0 Å². The van der Waals surface area contributed by atoms with Gasteiger partial charge in [0, 0.05) is 32.9 Å². The van der Waals surface area contributed by atoms with E-state index >= 15 is 0 Å². The largest absolute Gasteiger partial charge is 0.328 e.